The second-order valence-corrected chi connectivity index (χ2v) is 7.23. The van der Waals surface area contributed by atoms with Crippen molar-refractivity contribution in [3.63, 3.8) is 0 Å². The van der Waals surface area contributed by atoms with Gasteiger partial charge >= 0.3 is 0 Å². The topological polar surface area (TPSA) is 59.3 Å². The summed E-state index contributed by atoms with van der Waals surface area (Å²) < 4.78 is 0. The minimum atomic E-state index is -0.218. The van der Waals surface area contributed by atoms with Crippen molar-refractivity contribution in [1.29, 1.82) is 0 Å². The molecule has 4 heteroatoms. The molecular formula is C24H24N3O+. The fraction of sp³-hybridized carbons (Fsp3) is 0.167. The first-order valence-electron chi connectivity index (χ1n) is 9.42. The number of benzene rings is 2. The number of aromatic hydroxyl groups is 1. The van der Waals surface area contributed by atoms with Gasteiger partial charge in [-0.1, -0.05) is 36.4 Å². The van der Waals surface area contributed by atoms with Crippen molar-refractivity contribution in [2.75, 3.05) is 5.32 Å². The number of nitrogens with zero attached hydrogens (tertiary/aromatic N) is 1. The Labute approximate surface area is 164 Å². The van der Waals surface area contributed by atoms with Crippen molar-refractivity contribution in [1.82, 2.24) is 4.98 Å². The van der Waals surface area contributed by atoms with Crippen LogP contribution in [-0.4, -0.2) is 10.1 Å². The minimum absolute atomic E-state index is 0.216. The summed E-state index contributed by atoms with van der Waals surface area (Å²) in [6.07, 6.45) is 1.88. The fourth-order valence-corrected chi connectivity index (χ4v) is 3.44. The van der Waals surface area contributed by atoms with Gasteiger partial charge in [-0.15, -0.1) is 0 Å². The Kier molecular flexibility index (Phi) is 4.70. The van der Waals surface area contributed by atoms with Crippen molar-refractivity contribution in [3.8, 4) is 5.75 Å². The number of phenolic OH excluding ortho intramolecular Hbond substituents is 1. The molecule has 4 nitrogen and oxygen atoms in total. The lowest BCUT2D eigenvalue weighted by Gasteiger charge is -2.18. The molecule has 0 amide bonds. The molecule has 0 saturated heterocycles. The van der Waals surface area contributed by atoms with Crippen LogP contribution in [0.4, 0.5) is 5.82 Å². The average Bonchev–Trinajstić information content (AvgIpc) is 2.70. The highest BCUT2D eigenvalue weighted by Crippen LogP contribution is 2.36. The standard InChI is InChI=1S/C24H23N3O/c1-15-7-9-19(14-16(15)2)22(27-21-6-4-5-13-25-21)20-12-11-18-10-8-17(3)26-23(18)24(20)28/h4-14,22,28H,1-3H3,(H,25,27)/p+1/t22-/m0/s1. The number of hydrogen-bond donors (Lipinski definition) is 2. The quantitative estimate of drug-likeness (QED) is 0.538. The molecule has 3 N–H and O–H groups in total. The Bertz CT molecular complexity index is 1140. The van der Waals surface area contributed by atoms with Gasteiger partial charge in [0.2, 0.25) is 0 Å². The summed E-state index contributed by atoms with van der Waals surface area (Å²) >= 11 is 0. The Morgan fingerprint density at radius 1 is 0.929 bits per heavy atom. The Hall–Kier alpha value is -3.40. The molecule has 0 aliphatic heterocycles. The highest BCUT2D eigenvalue weighted by Gasteiger charge is 2.24. The first kappa shape index (κ1) is 18.0. The summed E-state index contributed by atoms with van der Waals surface area (Å²) in [5, 5.41) is 15.6. The van der Waals surface area contributed by atoms with Gasteiger partial charge in [0.05, 0.1) is 6.20 Å². The molecule has 0 unspecified atom stereocenters. The van der Waals surface area contributed by atoms with E-state index in [2.05, 4.69) is 47.3 Å². The van der Waals surface area contributed by atoms with Crippen LogP contribution < -0.4 is 10.3 Å². The largest absolute Gasteiger partial charge is 0.505 e. The predicted molar refractivity (Wildman–Crippen MR) is 113 cm³/mol. The zero-order valence-electron chi connectivity index (χ0n) is 16.3. The van der Waals surface area contributed by atoms with Crippen LogP contribution in [0.15, 0.2) is 66.9 Å². The third kappa shape index (κ3) is 3.41. The van der Waals surface area contributed by atoms with Crippen molar-refractivity contribution >= 4 is 16.7 Å². The van der Waals surface area contributed by atoms with E-state index in [1.807, 2.05) is 55.6 Å². The summed E-state index contributed by atoms with van der Waals surface area (Å²) in [7, 11) is 0. The second kappa shape index (κ2) is 7.31. The van der Waals surface area contributed by atoms with Crippen LogP contribution in [-0.2, 0) is 0 Å². The van der Waals surface area contributed by atoms with E-state index in [9.17, 15) is 5.11 Å². The van der Waals surface area contributed by atoms with Crippen LogP contribution in [0.5, 0.6) is 5.75 Å². The second-order valence-electron chi connectivity index (χ2n) is 7.23. The molecule has 1 atom stereocenters. The van der Waals surface area contributed by atoms with Gasteiger partial charge < -0.3 is 5.11 Å². The molecule has 28 heavy (non-hydrogen) atoms. The number of phenols is 1. The van der Waals surface area contributed by atoms with Crippen LogP contribution in [0, 0.1) is 20.8 Å². The minimum Gasteiger partial charge on any atom is -0.505 e. The maximum absolute atomic E-state index is 11.1. The van der Waals surface area contributed by atoms with E-state index in [0.29, 0.717) is 5.52 Å². The van der Waals surface area contributed by atoms with E-state index >= 15 is 0 Å². The van der Waals surface area contributed by atoms with Crippen LogP contribution in [0.1, 0.15) is 34.0 Å². The Morgan fingerprint density at radius 2 is 1.75 bits per heavy atom. The van der Waals surface area contributed by atoms with Gasteiger partial charge in [0.15, 0.2) is 0 Å². The molecule has 0 saturated carbocycles. The zero-order valence-corrected chi connectivity index (χ0v) is 16.3. The number of anilines is 1. The lowest BCUT2D eigenvalue weighted by Crippen LogP contribution is -2.19. The molecule has 0 bridgehead atoms. The third-order valence-corrected chi connectivity index (χ3v) is 5.19. The first-order chi connectivity index (χ1) is 13.5. The van der Waals surface area contributed by atoms with E-state index in [0.717, 1.165) is 28.0 Å². The highest BCUT2D eigenvalue weighted by atomic mass is 16.3. The van der Waals surface area contributed by atoms with Crippen LogP contribution in [0.3, 0.4) is 0 Å². The molecule has 140 valence electrons. The summed E-state index contributed by atoms with van der Waals surface area (Å²) in [6.45, 7) is 6.14. The lowest BCUT2D eigenvalue weighted by atomic mass is 9.94. The van der Waals surface area contributed by atoms with Gasteiger partial charge in [-0.2, -0.15) is 0 Å². The number of pyridine rings is 2. The van der Waals surface area contributed by atoms with Gasteiger partial charge in [0.25, 0.3) is 5.82 Å². The molecule has 2 heterocycles. The summed E-state index contributed by atoms with van der Waals surface area (Å²) in [5.74, 6) is 1.09. The van der Waals surface area contributed by atoms with Crippen molar-refractivity contribution in [2.24, 2.45) is 0 Å². The van der Waals surface area contributed by atoms with E-state index in [1.54, 1.807) is 0 Å². The van der Waals surface area contributed by atoms with Crippen molar-refractivity contribution < 1.29 is 10.1 Å². The van der Waals surface area contributed by atoms with Crippen molar-refractivity contribution in [2.45, 2.75) is 26.8 Å². The SMILES string of the molecule is Cc1ccc2ccc([C@@H](Nc3cccc[nH+]3)c3ccc(C)c(C)c3)c(O)c2n1. The predicted octanol–water partition coefficient (Wildman–Crippen LogP) is 4.88. The van der Waals surface area contributed by atoms with Gasteiger partial charge in [-0.05, 0) is 50.1 Å². The number of aryl methyl sites for hydroxylation is 3. The average molecular weight is 370 g/mol. The Balaban J connectivity index is 1.88. The summed E-state index contributed by atoms with van der Waals surface area (Å²) in [4.78, 5) is 7.79. The van der Waals surface area contributed by atoms with Crippen LogP contribution >= 0.6 is 0 Å². The molecule has 4 rings (SSSR count). The molecular weight excluding hydrogens is 346 g/mol. The number of aromatic amines is 1. The third-order valence-electron chi connectivity index (χ3n) is 5.19. The molecule has 4 aromatic rings. The summed E-state index contributed by atoms with van der Waals surface area (Å²) in [5.41, 5.74) is 5.86. The van der Waals surface area contributed by atoms with E-state index in [1.165, 1.54) is 11.1 Å². The fourth-order valence-electron chi connectivity index (χ4n) is 3.44. The number of H-pyrrole nitrogens is 1. The number of aromatic nitrogens is 2. The molecule has 0 aliphatic carbocycles. The molecule has 0 aliphatic rings. The highest BCUT2D eigenvalue weighted by molar-refractivity contribution is 5.86. The van der Waals surface area contributed by atoms with Gasteiger partial charge in [-0.25, -0.2) is 9.97 Å². The van der Waals surface area contributed by atoms with E-state index < -0.39 is 0 Å². The number of hydrogen-bond acceptors (Lipinski definition) is 3. The normalized spacial score (nSPS) is 12.1. The van der Waals surface area contributed by atoms with Crippen LogP contribution in [0.25, 0.3) is 10.9 Å². The summed E-state index contributed by atoms with van der Waals surface area (Å²) in [6, 6.07) is 20.0. The van der Waals surface area contributed by atoms with Gasteiger partial charge in [-0.3, -0.25) is 5.32 Å². The zero-order chi connectivity index (χ0) is 19.7. The number of rotatable bonds is 4. The first-order valence-corrected chi connectivity index (χ1v) is 9.42. The van der Waals surface area contributed by atoms with Crippen LogP contribution in [0.2, 0.25) is 0 Å². The monoisotopic (exact) mass is 370 g/mol. The Morgan fingerprint density at radius 3 is 2.50 bits per heavy atom. The van der Waals surface area contributed by atoms with E-state index in [4.69, 9.17) is 0 Å². The number of nitrogens with one attached hydrogen (secondary N) is 2. The van der Waals surface area contributed by atoms with Gasteiger partial charge in [0, 0.05) is 28.3 Å². The molecule has 0 fully saturated rings. The maximum Gasteiger partial charge on any atom is 0.272 e. The smallest absolute Gasteiger partial charge is 0.272 e. The molecule has 2 aromatic carbocycles. The van der Waals surface area contributed by atoms with Crippen molar-refractivity contribution in [3.05, 3.63) is 94.8 Å². The van der Waals surface area contributed by atoms with Gasteiger partial charge in [0.1, 0.15) is 17.3 Å². The molecule has 2 aromatic heterocycles. The van der Waals surface area contributed by atoms with E-state index in [-0.39, 0.29) is 11.8 Å². The maximum atomic E-state index is 11.1. The molecule has 0 spiro atoms. The lowest BCUT2D eigenvalue weighted by molar-refractivity contribution is -0.361. The molecule has 0 radical (unpaired) electrons. The number of fused-ring (bicyclic) bond motifs is 1.